The third-order valence-corrected chi connectivity index (χ3v) is 12.1. The molecule has 3 N–H and O–H groups in total. The highest BCUT2D eigenvalue weighted by Gasteiger charge is 2.44. The predicted octanol–water partition coefficient (Wildman–Crippen LogP) is 2.76. The number of ether oxygens (including phenoxy) is 3. The summed E-state index contributed by atoms with van der Waals surface area (Å²) in [5.74, 6) is -0.180. The minimum atomic E-state index is -4.21. The Bertz CT molecular complexity index is 1770. The van der Waals surface area contributed by atoms with Crippen LogP contribution in [0.3, 0.4) is 0 Å². The number of nitrogens with one attached hydrogen (secondary N) is 2. The number of hydrogen-bond acceptors (Lipinski definition) is 11. The molecule has 5 rings (SSSR count). The minimum absolute atomic E-state index is 0.0707. The fraction of sp³-hybridized carbons (Fsp3) is 0.562. The third kappa shape index (κ3) is 8.53. The normalized spacial score (nSPS) is 21.2. The molecule has 2 aromatic carbocycles. The quantitative estimate of drug-likeness (QED) is 0.211. The van der Waals surface area contributed by atoms with Crippen LogP contribution in [-0.2, 0) is 47.2 Å². The molecule has 0 aliphatic carbocycles. The summed E-state index contributed by atoms with van der Waals surface area (Å²) in [6.45, 7) is 7.09. The second-order valence-electron chi connectivity index (χ2n) is 12.9. The molecule has 3 heterocycles. The third-order valence-electron chi connectivity index (χ3n) is 8.48. The predicted molar refractivity (Wildman–Crippen MR) is 176 cm³/mol. The smallest absolute Gasteiger partial charge is 0.407 e. The van der Waals surface area contributed by atoms with Crippen molar-refractivity contribution in [2.75, 3.05) is 26.3 Å². The van der Waals surface area contributed by atoms with E-state index in [4.69, 9.17) is 18.7 Å². The highest BCUT2D eigenvalue weighted by molar-refractivity contribution is 7.90. The topological polar surface area (TPSA) is 187 Å². The van der Waals surface area contributed by atoms with Crippen LogP contribution in [0.5, 0.6) is 0 Å². The van der Waals surface area contributed by atoms with Crippen LogP contribution >= 0.6 is 0 Å². The summed E-state index contributed by atoms with van der Waals surface area (Å²) in [6.07, 6.45) is -2.05. The Morgan fingerprint density at radius 1 is 1.06 bits per heavy atom. The molecule has 3 aromatic rings. The number of rotatable bonds is 15. The molecule has 0 spiro atoms. The lowest BCUT2D eigenvalue weighted by Gasteiger charge is -2.31. The molecule has 16 heteroatoms. The first-order valence-electron chi connectivity index (χ1n) is 16.0. The van der Waals surface area contributed by atoms with Crippen LogP contribution in [0.2, 0.25) is 0 Å². The Balaban J connectivity index is 1.36. The van der Waals surface area contributed by atoms with Gasteiger partial charge in [0.1, 0.15) is 11.8 Å². The number of hydrogen-bond donors (Lipinski definition) is 3. The van der Waals surface area contributed by atoms with Crippen molar-refractivity contribution in [2.45, 2.75) is 81.8 Å². The van der Waals surface area contributed by atoms with Crippen LogP contribution in [-0.4, -0.2) is 93.6 Å². The zero-order valence-corrected chi connectivity index (χ0v) is 29.1. The molecule has 1 aromatic heterocycles. The van der Waals surface area contributed by atoms with Gasteiger partial charge in [-0.25, -0.2) is 26.4 Å². The number of carbonyl (C=O) groups is 1. The van der Waals surface area contributed by atoms with Gasteiger partial charge in [-0.15, -0.1) is 0 Å². The van der Waals surface area contributed by atoms with Gasteiger partial charge in [-0.3, -0.25) is 0 Å². The molecule has 0 unspecified atom stereocenters. The molecule has 14 nitrogen and oxygen atoms in total. The van der Waals surface area contributed by atoms with Crippen LogP contribution in [0.1, 0.15) is 45.4 Å². The second kappa shape index (κ2) is 15.2. The number of nitrogens with zero attached hydrogens (tertiary/aromatic N) is 2. The van der Waals surface area contributed by atoms with E-state index >= 15 is 0 Å². The Kier molecular flexibility index (Phi) is 11.4. The number of benzene rings is 2. The van der Waals surface area contributed by atoms with Gasteiger partial charge in [0.15, 0.2) is 11.9 Å². The number of fused-ring (bicyclic) bond motifs is 2. The number of aromatic nitrogens is 1. The summed E-state index contributed by atoms with van der Waals surface area (Å²) in [5.41, 5.74) is 1.35. The number of carbonyl (C=O) groups excluding carboxylic acids is 1. The maximum absolute atomic E-state index is 14.1. The van der Waals surface area contributed by atoms with Crippen molar-refractivity contribution in [3.05, 3.63) is 59.8 Å². The molecule has 0 saturated carbocycles. The van der Waals surface area contributed by atoms with Gasteiger partial charge in [-0.2, -0.15) is 4.31 Å². The zero-order valence-electron chi connectivity index (χ0n) is 27.4. The molecule has 0 bridgehead atoms. The Labute approximate surface area is 281 Å². The first-order chi connectivity index (χ1) is 22.7. The summed E-state index contributed by atoms with van der Waals surface area (Å²) < 4.78 is 78.7. The van der Waals surface area contributed by atoms with E-state index in [-0.39, 0.29) is 60.7 Å². The molecule has 2 aliphatic rings. The first-order valence-corrected chi connectivity index (χ1v) is 19.0. The summed E-state index contributed by atoms with van der Waals surface area (Å²) in [5, 5.41) is 18.0. The summed E-state index contributed by atoms with van der Waals surface area (Å²) in [7, 11) is -7.82. The van der Waals surface area contributed by atoms with Crippen LogP contribution in [0.25, 0.3) is 11.0 Å². The van der Waals surface area contributed by atoms with Crippen molar-refractivity contribution in [1.29, 1.82) is 0 Å². The molecule has 2 fully saturated rings. The van der Waals surface area contributed by atoms with Crippen molar-refractivity contribution in [3.8, 4) is 0 Å². The van der Waals surface area contributed by atoms with E-state index in [1.165, 1.54) is 22.5 Å². The van der Waals surface area contributed by atoms with Crippen LogP contribution in [0.15, 0.2) is 57.9 Å². The molecule has 2 aliphatic heterocycles. The standard InChI is InChI=1S/C32H44N4O10S2/c1-20(2)17-36(48(41,42)23-10-11-29-25(15-23)27(35-46-29)16-33-47(39,40)21(3)4)18-28(37)26(14-22-8-6-5-7-9-22)34-32(38)45-30-19-44-31-24(30)12-13-43-31/h5-11,15,20-21,24,26,28,30-31,33,37H,12-14,16-19H2,1-4H3,(H,34,38)/t24-,26-,28+,30-,31+/m0/s1. The average Bonchev–Trinajstić information content (AvgIpc) is 3.77. The van der Waals surface area contributed by atoms with Gasteiger partial charge in [-0.05, 0) is 56.4 Å². The van der Waals surface area contributed by atoms with E-state index < -0.39 is 55.9 Å². The van der Waals surface area contributed by atoms with Crippen molar-refractivity contribution < 1.29 is 45.5 Å². The van der Waals surface area contributed by atoms with E-state index in [9.17, 15) is 26.7 Å². The maximum Gasteiger partial charge on any atom is 0.407 e. The number of sulfonamides is 2. The van der Waals surface area contributed by atoms with Gasteiger partial charge in [-0.1, -0.05) is 49.3 Å². The van der Waals surface area contributed by atoms with Gasteiger partial charge in [0.05, 0.1) is 48.0 Å². The Morgan fingerprint density at radius 3 is 2.52 bits per heavy atom. The molecular weight excluding hydrogens is 665 g/mol. The minimum Gasteiger partial charge on any atom is -0.443 e. The Morgan fingerprint density at radius 2 is 1.81 bits per heavy atom. The van der Waals surface area contributed by atoms with Crippen molar-refractivity contribution in [3.63, 3.8) is 0 Å². The van der Waals surface area contributed by atoms with E-state index in [0.717, 1.165) is 5.56 Å². The van der Waals surface area contributed by atoms with Crippen molar-refractivity contribution >= 4 is 37.1 Å². The molecule has 2 saturated heterocycles. The van der Waals surface area contributed by atoms with Gasteiger partial charge in [0.25, 0.3) is 0 Å². The van der Waals surface area contributed by atoms with E-state index in [1.54, 1.807) is 13.8 Å². The monoisotopic (exact) mass is 708 g/mol. The molecule has 48 heavy (non-hydrogen) atoms. The summed E-state index contributed by atoms with van der Waals surface area (Å²) in [6, 6.07) is 12.6. The average molecular weight is 709 g/mol. The zero-order chi connectivity index (χ0) is 34.6. The SMILES string of the molecule is CC(C)CN(C[C@@H](O)[C@H](Cc1ccccc1)NC(=O)O[C@H]1CO[C@H]2OCC[C@H]21)S(=O)(=O)c1ccc2onc(CNS(=O)(=O)C(C)C)c2c1. The lowest BCUT2D eigenvalue weighted by Crippen LogP contribution is -2.51. The number of aliphatic hydroxyl groups is 1. The first kappa shape index (κ1) is 36.2. The second-order valence-corrected chi connectivity index (χ2v) is 17.2. The number of amides is 1. The van der Waals surface area contributed by atoms with Crippen molar-refractivity contribution in [1.82, 2.24) is 19.5 Å². The number of alkyl carbamates (subject to hydrolysis) is 1. The van der Waals surface area contributed by atoms with E-state index in [0.29, 0.717) is 18.4 Å². The summed E-state index contributed by atoms with van der Waals surface area (Å²) >= 11 is 0. The molecule has 264 valence electrons. The lowest BCUT2D eigenvalue weighted by molar-refractivity contribution is -0.0907. The fourth-order valence-electron chi connectivity index (χ4n) is 5.78. The van der Waals surface area contributed by atoms with Crippen molar-refractivity contribution in [2.24, 2.45) is 11.8 Å². The number of aliphatic hydroxyl groups excluding tert-OH is 1. The van der Waals surface area contributed by atoms with Gasteiger partial charge >= 0.3 is 6.09 Å². The van der Waals surface area contributed by atoms with Gasteiger partial charge < -0.3 is 29.2 Å². The maximum atomic E-state index is 14.1. The van der Waals surface area contributed by atoms with Gasteiger partial charge in [0, 0.05) is 18.5 Å². The highest BCUT2D eigenvalue weighted by Crippen LogP contribution is 2.33. The van der Waals surface area contributed by atoms with Crippen LogP contribution in [0.4, 0.5) is 4.79 Å². The summed E-state index contributed by atoms with van der Waals surface area (Å²) in [4.78, 5) is 13.0. The molecular formula is C32H44N4O10S2. The highest BCUT2D eigenvalue weighted by atomic mass is 32.2. The molecule has 0 radical (unpaired) electrons. The van der Waals surface area contributed by atoms with E-state index in [1.807, 2.05) is 44.2 Å². The fourth-order valence-corrected chi connectivity index (χ4v) is 8.10. The Hall–Kier alpha value is -3.12. The lowest BCUT2D eigenvalue weighted by atomic mass is 10.0. The van der Waals surface area contributed by atoms with E-state index in [2.05, 4.69) is 15.2 Å². The molecule has 5 atom stereocenters. The van der Waals surface area contributed by atoms with Crippen LogP contribution < -0.4 is 10.0 Å². The largest absolute Gasteiger partial charge is 0.443 e. The molecule has 1 amide bonds. The van der Waals surface area contributed by atoms with Crippen LogP contribution in [0, 0.1) is 11.8 Å². The van der Waals surface area contributed by atoms with Gasteiger partial charge in [0.2, 0.25) is 20.0 Å².